The van der Waals surface area contributed by atoms with Gasteiger partial charge in [0.2, 0.25) is 0 Å². The second-order valence-corrected chi connectivity index (χ2v) is 26.1. The molecule has 0 radical (unpaired) electrons. The van der Waals surface area contributed by atoms with Crippen molar-refractivity contribution in [3.05, 3.63) is 386 Å². The number of phenolic OH excluding ortho intramolecular Hbond substituents is 3. The summed E-state index contributed by atoms with van der Waals surface area (Å²) in [4.78, 5) is 0. The molecule has 524 valence electrons. The van der Waals surface area contributed by atoms with E-state index in [4.69, 9.17) is 37.9 Å². The highest BCUT2D eigenvalue weighted by Crippen LogP contribution is 2.42. The second-order valence-electron chi connectivity index (χ2n) is 26.1. The molecule has 0 aromatic heterocycles. The number of aliphatic hydroxyl groups excluding tert-OH is 2. The van der Waals surface area contributed by atoms with Gasteiger partial charge in [0.15, 0.2) is 11.9 Å². The predicted molar refractivity (Wildman–Crippen MR) is 404 cm³/mol. The van der Waals surface area contributed by atoms with Gasteiger partial charge in [-0.15, -0.1) is 0 Å². The van der Waals surface area contributed by atoms with Crippen LogP contribution in [0.15, 0.2) is 303 Å². The Morgan fingerprint density at radius 3 is 1.27 bits per heavy atom. The quantitative estimate of drug-likeness (QED) is 0.0619. The SMILES string of the molecule is Cc1ccc2c(c1)OC(c1ccc(OCc3ccccc3)cc1)=C(OCc1ccccc1)C2.Cc1ccc2c(c1)OC(c1ccc(OCc3ccccc3)cc1)C(OCc1ccccc1)=C2.Cc1ccc2c(c1)O[C@H](c1ccc(O)cc1)[C@H](O)C2.Oc1ccc(C2Oc3cc(O)ccc3C[C@@H]2O)cc1. The lowest BCUT2D eigenvalue weighted by Gasteiger charge is -2.31. The molecule has 4 heterocycles. The van der Waals surface area contributed by atoms with Gasteiger partial charge in [0.1, 0.15) is 102 Å². The van der Waals surface area contributed by atoms with Crippen molar-refractivity contribution in [2.75, 3.05) is 0 Å². The van der Waals surface area contributed by atoms with Gasteiger partial charge in [-0.3, -0.25) is 0 Å². The molecule has 0 saturated heterocycles. The molecule has 16 rings (SSSR count). The van der Waals surface area contributed by atoms with Crippen LogP contribution >= 0.6 is 0 Å². The van der Waals surface area contributed by atoms with Crippen molar-refractivity contribution < 1.29 is 63.4 Å². The Morgan fingerprint density at radius 1 is 0.356 bits per heavy atom. The highest BCUT2D eigenvalue weighted by atomic mass is 16.5. The van der Waals surface area contributed by atoms with Gasteiger partial charge < -0.3 is 63.4 Å². The van der Waals surface area contributed by atoms with Crippen LogP contribution in [-0.2, 0) is 55.2 Å². The molecule has 0 amide bonds. The van der Waals surface area contributed by atoms with Gasteiger partial charge in [-0.05, 0) is 173 Å². The molecule has 0 bridgehead atoms. The average Bonchev–Trinajstić information content (AvgIpc) is 0.814. The standard InChI is InChI=1S/2C30H26O3.C16H16O3.C15H14O4/c2*1-22-12-13-26-19-29(32-21-24-10-6-3-7-11-24)30(33-28(26)18-22)25-14-16-27(17-15-25)31-20-23-8-4-2-5-9-23;1-10-2-3-12-9-14(18)16(19-15(12)8-10)11-4-6-13(17)7-5-11;16-11-4-1-9(2-5-11)15-13(18)7-10-3-6-12(17)8-14(10)19-15/h2-18H,19-21H2,1H3;2-19,30H,20-21H2,1H3;2-8,14,16-18H,9H2,1H3;1-6,8,13,15-18H,7H2/t;;14-,16-;13-,15?/m..10/s1. The third kappa shape index (κ3) is 18.5. The Hall–Kier alpha value is -12.2. The van der Waals surface area contributed by atoms with Crippen LogP contribution in [0.2, 0.25) is 0 Å². The number of rotatable bonds is 16. The summed E-state index contributed by atoms with van der Waals surface area (Å²) >= 11 is 0. The van der Waals surface area contributed by atoms with Crippen molar-refractivity contribution in [1.29, 1.82) is 0 Å². The Morgan fingerprint density at radius 2 is 0.760 bits per heavy atom. The van der Waals surface area contributed by atoms with Crippen LogP contribution in [0.25, 0.3) is 11.8 Å². The lowest BCUT2D eigenvalue weighted by Crippen LogP contribution is -2.30. The maximum Gasteiger partial charge on any atom is 0.180 e. The van der Waals surface area contributed by atoms with Crippen molar-refractivity contribution in [2.45, 2.75) is 97.0 Å². The molecule has 0 fully saturated rings. The number of phenols is 3. The molecular formula is C91H82O13. The Kier molecular flexibility index (Phi) is 22.7. The summed E-state index contributed by atoms with van der Waals surface area (Å²) in [5.41, 5.74) is 15.7. The minimum Gasteiger partial charge on any atom is -0.508 e. The van der Waals surface area contributed by atoms with Crippen molar-refractivity contribution >= 4 is 11.8 Å². The number of aliphatic hydroxyl groups is 2. The molecule has 0 aliphatic carbocycles. The van der Waals surface area contributed by atoms with Crippen molar-refractivity contribution in [3.63, 3.8) is 0 Å². The number of allylic oxidation sites excluding steroid dienone is 1. The molecule has 13 nitrogen and oxygen atoms in total. The summed E-state index contributed by atoms with van der Waals surface area (Å²) in [6.07, 6.45) is 1.44. The van der Waals surface area contributed by atoms with Gasteiger partial charge in [-0.25, -0.2) is 0 Å². The maximum absolute atomic E-state index is 10.2. The number of fused-ring (bicyclic) bond motifs is 4. The van der Waals surface area contributed by atoms with Gasteiger partial charge in [0, 0.05) is 47.6 Å². The van der Waals surface area contributed by atoms with E-state index in [-0.39, 0.29) is 29.5 Å². The van der Waals surface area contributed by atoms with E-state index in [0.717, 1.165) is 118 Å². The lowest BCUT2D eigenvalue weighted by molar-refractivity contribution is 0.0206. The summed E-state index contributed by atoms with van der Waals surface area (Å²) in [7, 11) is 0. The van der Waals surface area contributed by atoms with E-state index in [1.807, 2.05) is 146 Å². The first-order valence-corrected chi connectivity index (χ1v) is 34.8. The summed E-state index contributed by atoms with van der Waals surface area (Å²) in [5, 5.41) is 48.4. The molecule has 104 heavy (non-hydrogen) atoms. The van der Waals surface area contributed by atoms with Gasteiger partial charge >= 0.3 is 0 Å². The minimum atomic E-state index is -0.651. The smallest absolute Gasteiger partial charge is 0.180 e. The third-order valence-corrected chi connectivity index (χ3v) is 18.1. The van der Waals surface area contributed by atoms with E-state index >= 15 is 0 Å². The Bertz CT molecular complexity index is 4750. The lowest BCUT2D eigenvalue weighted by atomic mass is 9.94. The fourth-order valence-corrected chi connectivity index (χ4v) is 12.5. The van der Waals surface area contributed by atoms with Crippen LogP contribution in [-0.4, -0.2) is 37.7 Å². The van der Waals surface area contributed by atoms with Crippen LogP contribution in [0.4, 0.5) is 0 Å². The fourth-order valence-electron chi connectivity index (χ4n) is 12.5. The Labute approximate surface area is 606 Å². The van der Waals surface area contributed by atoms with Gasteiger partial charge in [-0.1, -0.05) is 200 Å². The van der Waals surface area contributed by atoms with Crippen LogP contribution < -0.4 is 28.4 Å². The normalized spacial score (nSPS) is 16.5. The van der Waals surface area contributed by atoms with Crippen LogP contribution in [0.3, 0.4) is 0 Å². The average molecular weight is 1380 g/mol. The molecule has 0 spiro atoms. The monoisotopic (exact) mass is 1380 g/mol. The number of hydrogen-bond donors (Lipinski definition) is 5. The number of aryl methyl sites for hydroxylation is 3. The minimum absolute atomic E-state index is 0.139. The molecule has 4 aliphatic heterocycles. The van der Waals surface area contributed by atoms with Crippen LogP contribution in [0.5, 0.6) is 51.7 Å². The van der Waals surface area contributed by atoms with E-state index in [1.54, 1.807) is 66.7 Å². The summed E-state index contributed by atoms with van der Waals surface area (Å²) < 4.78 is 48.9. The van der Waals surface area contributed by atoms with Crippen molar-refractivity contribution in [2.24, 2.45) is 0 Å². The molecule has 12 aromatic rings. The third-order valence-electron chi connectivity index (χ3n) is 18.1. The molecule has 12 aromatic carbocycles. The number of ether oxygens (including phenoxy) is 8. The zero-order valence-electron chi connectivity index (χ0n) is 58.1. The molecule has 4 aliphatic rings. The molecule has 13 heteroatoms. The van der Waals surface area contributed by atoms with E-state index in [1.165, 1.54) is 11.1 Å². The maximum atomic E-state index is 10.2. The van der Waals surface area contributed by atoms with Crippen LogP contribution in [0.1, 0.15) is 102 Å². The molecular weight excluding hydrogens is 1300 g/mol. The second kappa shape index (κ2) is 33.5. The fraction of sp³-hybridized carbons (Fsp3) is 0.165. The van der Waals surface area contributed by atoms with E-state index in [9.17, 15) is 25.5 Å². The first kappa shape index (κ1) is 70.3. The highest BCUT2D eigenvalue weighted by molar-refractivity contribution is 5.68. The van der Waals surface area contributed by atoms with Gasteiger partial charge in [0.05, 0.1) is 12.2 Å². The zero-order valence-corrected chi connectivity index (χ0v) is 58.1. The molecule has 5 atom stereocenters. The molecule has 5 N–H and O–H groups in total. The predicted octanol–water partition coefficient (Wildman–Crippen LogP) is 19.2. The van der Waals surface area contributed by atoms with Crippen molar-refractivity contribution in [3.8, 4) is 51.7 Å². The summed E-state index contributed by atoms with van der Waals surface area (Å²) in [6.45, 7) is 8.24. The number of aromatic hydroxyl groups is 3. The van der Waals surface area contributed by atoms with E-state index in [2.05, 4.69) is 105 Å². The Balaban J connectivity index is 0.000000127. The first-order chi connectivity index (χ1) is 50.7. The van der Waals surface area contributed by atoms with Crippen LogP contribution in [0, 0.1) is 20.8 Å². The van der Waals surface area contributed by atoms with Gasteiger partial charge in [-0.2, -0.15) is 0 Å². The van der Waals surface area contributed by atoms with Crippen molar-refractivity contribution in [1.82, 2.24) is 0 Å². The van der Waals surface area contributed by atoms with E-state index < -0.39 is 18.3 Å². The summed E-state index contributed by atoms with van der Waals surface area (Å²) in [6, 6.07) is 93.6. The number of hydrogen-bond acceptors (Lipinski definition) is 13. The molecule has 2 unspecified atom stereocenters. The summed E-state index contributed by atoms with van der Waals surface area (Å²) in [5.74, 6) is 7.76. The zero-order chi connectivity index (χ0) is 71.7. The van der Waals surface area contributed by atoms with E-state index in [0.29, 0.717) is 51.4 Å². The first-order valence-electron chi connectivity index (χ1n) is 34.8. The number of benzene rings is 12. The largest absolute Gasteiger partial charge is 0.508 e. The van der Waals surface area contributed by atoms with Gasteiger partial charge in [0.25, 0.3) is 0 Å². The topological polar surface area (TPSA) is 175 Å². The highest BCUT2D eigenvalue weighted by Gasteiger charge is 2.32. The molecule has 0 saturated carbocycles.